The molecule has 2 unspecified atom stereocenters. The second-order valence-electron chi connectivity index (χ2n) is 6.36. The Morgan fingerprint density at radius 2 is 1.29 bits per heavy atom. The summed E-state index contributed by atoms with van der Waals surface area (Å²) < 4.78 is 0. The molecule has 0 aliphatic heterocycles. The van der Waals surface area contributed by atoms with Gasteiger partial charge in [-0.3, -0.25) is 0 Å². The van der Waals surface area contributed by atoms with E-state index in [0.29, 0.717) is 0 Å². The van der Waals surface area contributed by atoms with Crippen molar-refractivity contribution in [3.05, 3.63) is 0 Å². The first kappa shape index (κ1) is 13.8. The zero-order chi connectivity index (χ0) is 13.3. The van der Waals surface area contributed by atoms with Crippen LogP contribution in [0.4, 0.5) is 0 Å². The first-order valence-corrected chi connectivity index (χ1v) is 5.87. The minimum atomic E-state index is -0.515. The van der Waals surface area contributed by atoms with E-state index >= 15 is 0 Å². The molecule has 1 aliphatic rings. The van der Waals surface area contributed by atoms with Crippen LogP contribution < -0.4 is 0 Å². The van der Waals surface area contributed by atoms with Crippen molar-refractivity contribution >= 4 is 12.2 Å². The number of carbonyl (C=O) groups excluding carboxylic acids is 2. The zero-order valence-electron chi connectivity index (χ0n) is 11.2. The van der Waals surface area contributed by atoms with Gasteiger partial charge in [-0.15, -0.1) is 0 Å². The first-order chi connectivity index (χ1) is 7.69. The van der Waals surface area contributed by atoms with Crippen molar-refractivity contribution in [3.63, 3.8) is 0 Å². The van der Waals surface area contributed by atoms with E-state index in [1.165, 1.54) is 0 Å². The molecule has 0 bridgehead atoms. The molecule has 1 fully saturated rings. The summed E-state index contributed by atoms with van der Waals surface area (Å²) in [5.41, 5.74) is -1.05. The Balaban J connectivity index is 3.29. The molecule has 0 amide bonds. The van der Waals surface area contributed by atoms with E-state index in [0.717, 1.165) is 12.8 Å². The largest absolute Gasteiger partial charge is 0.235 e. The van der Waals surface area contributed by atoms with Crippen molar-refractivity contribution < 1.29 is 9.59 Å². The predicted molar refractivity (Wildman–Crippen MR) is 65.2 cm³/mol. The van der Waals surface area contributed by atoms with Crippen LogP contribution in [0.25, 0.3) is 0 Å². The quantitative estimate of drug-likeness (QED) is 0.546. The molecule has 94 valence electrons. The van der Waals surface area contributed by atoms with Crippen LogP contribution >= 0.6 is 0 Å². The van der Waals surface area contributed by atoms with Gasteiger partial charge in [-0.25, -0.2) is 9.59 Å². The van der Waals surface area contributed by atoms with Crippen LogP contribution in [0, 0.1) is 11.3 Å². The van der Waals surface area contributed by atoms with Gasteiger partial charge in [-0.2, -0.15) is 9.98 Å². The Hall–Kier alpha value is -1.24. The maximum atomic E-state index is 10.6. The Morgan fingerprint density at radius 1 is 0.941 bits per heavy atom. The summed E-state index contributed by atoms with van der Waals surface area (Å²) in [5.74, 6) is 0.00549. The van der Waals surface area contributed by atoms with Gasteiger partial charge < -0.3 is 0 Å². The molecular formula is C13H20N2O2. The molecule has 0 spiro atoms. The van der Waals surface area contributed by atoms with Gasteiger partial charge >= 0.3 is 0 Å². The molecule has 17 heavy (non-hydrogen) atoms. The number of rotatable bonds is 2. The highest BCUT2D eigenvalue weighted by atomic mass is 16.1. The van der Waals surface area contributed by atoms with Crippen LogP contribution in [0.15, 0.2) is 9.98 Å². The summed E-state index contributed by atoms with van der Waals surface area (Å²) in [6.07, 6.45) is 4.91. The number of aliphatic imine (C=N–C) groups is 2. The predicted octanol–water partition coefficient (Wildman–Crippen LogP) is 2.63. The van der Waals surface area contributed by atoms with Gasteiger partial charge in [0.05, 0.1) is 11.1 Å². The lowest BCUT2D eigenvalue weighted by Crippen LogP contribution is -2.54. The molecule has 0 heterocycles. The molecule has 0 aromatic rings. The summed E-state index contributed by atoms with van der Waals surface area (Å²) in [7, 11) is 0. The molecule has 0 aromatic carbocycles. The lowest BCUT2D eigenvalue weighted by atomic mass is 9.57. The lowest BCUT2D eigenvalue weighted by molar-refractivity contribution is 0.0428. The topological polar surface area (TPSA) is 58.9 Å². The molecule has 0 aromatic heterocycles. The van der Waals surface area contributed by atoms with Gasteiger partial charge in [0, 0.05) is 5.92 Å². The van der Waals surface area contributed by atoms with Crippen LogP contribution in [-0.2, 0) is 9.59 Å². The van der Waals surface area contributed by atoms with Gasteiger partial charge in [-0.05, 0) is 32.1 Å². The molecule has 4 nitrogen and oxygen atoms in total. The SMILES string of the molecule is CC1C(C)(N=C=O)CC(C)(C)CC1(C)N=C=O. The first-order valence-electron chi connectivity index (χ1n) is 5.87. The second kappa shape index (κ2) is 4.21. The monoisotopic (exact) mass is 236 g/mol. The molecule has 4 heteroatoms. The van der Waals surface area contributed by atoms with Crippen LogP contribution in [0.5, 0.6) is 0 Å². The molecule has 1 saturated carbocycles. The fourth-order valence-corrected chi connectivity index (χ4v) is 3.46. The van der Waals surface area contributed by atoms with Gasteiger partial charge in [-0.1, -0.05) is 20.8 Å². The molecule has 0 saturated heterocycles. The van der Waals surface area contributed by atoms with Gasteiger partial charge in [0.2, 0.25) is 12.2 Å². The Kier molecular flexibility index (Phi) is 3.42. The smallest absolute Gasteiger partial charge is 0.211 e. The molecule has 0 N–H and O–H groups in total. The van der Waals surface area contributed by atoms with Crippen molar-refractivity contribution in [2.45, 2.75) is 58.5 Å². The minimum Gasteiger partial charge on any atom is -0.211 e. The van der Waals surface area contributed by atoms with E-state index in [1.54, 1.807) is 12.2 Å². The summed E-state index contributed by atoms with van der Waals surface area (Å²) in [4.78, 5) is 29.2. The van der Waals surface area contributed by atoms with Crippen LogP contribution in [0.3, 0.4) is 0 Å². The van der Waals surface area contributed by atoms with Crippen molar-refractivity contribution in [2.24, 2.45) is 21.3 Å². The van der Waals surface area contributed by atoms with E-state index < -0.39 is 11.1 Å². The Bertz CT molecular complexity index is 370. The lowest BCUT2D eigenvalue weighted by Gasteiger charge is -2.51. The number of isocyanates is 2. The van der Waals surface area contributed by atoms with Crippen LogP contribution in [-0.4, -0.2) is 23.2 Å². The fourth-order valence-electron chi connectivity index (χ4n) is 3.46. The van der Waals surface area contributed by atoms with Crippen molar-refractivity contribution in [3.8, 4) is 0 Å². The third-order valence-electron chi connectivity index (χ3n) is 4.14. The highest BCUT2D eigenvalue weighted by Crippen LogP contribution is 2.52. The van der Waals surface area contributed by atoms with E-state index in [4.69, 9.17) is 0 Å². The van der Waals surface area contributed by atoms with Crippen molar-refractivity contribution in [1.29, 1.82) is 0 Å². The minimum absolute atomic E-state index is 0.00549. The number of hydrogen-bond acceptors (Lipinski definition) is 4. The maximum Gasteiger partial charge on any atom is 0.235 e. The standard InChI is InChI=1S/C13H20N2O2/c1-10-12(4,14-8-16)6-11(2,3)7-13(10,5)15-9-17/h10H,6-7H2,1-5H3. The molecule has 2 atom stereocenters. The Labute approximate surface area is 102 Å². The normalized spacial score (nSPS) is 39.9. The summed E-state index contributed by atoms with van der Waals surface area (Å²) >= 11 is 0. The van der Waals surface area contributed by atoms with E-state index in [-0.39, 0.29) is 11.3 Å². The van der Waals surface area contributed by atoms with E-state index in [2.05, 4.69) is 23.8 Å². The second-order valence-corrected chi connectivity index (χ2v) is 6.36. The van der Waals surface area contributed by atoms with E-state index in [9.17, 15) is 9.59 Å². The highest BCUT2D eigenvalue weighted by Gasteiger charge is 2.53. The summed E-state index contributed by atoms with van der Waals surface area (Å²) in [5, 5.41) is 0. The van der Waals surface area contributed by atoms with Gasteiger partial charge in [0.1, 0.15) is 0 Å². The van der Waals surface area contributed by atoms with Gasteiger partial charge in [0.15, 0.2) is 0 Å². The average Bonchev–Trinajstić information content (AvgIpc) is 2.13. The molecule has 1 aliphatic carbocycles. The summed E-state index contributed by atoms with van der Waals surface area (Å²) in [6, 6.07) is 0. The third-order valence-corrected chi connectivity index (χ3v) is 4.14. The van der Waals surface area contributed by atoms with Gasteiger partial charge in [0.25, 0.3) is 0 Å². The third kappa shape index (κ3) is 2.54. The molecule has 1 rings (SSSR count). The highest BCUT2D eigenvalue weighted by molar-refractivity contribution is 5.38. The van der Waals surface area contributed by atoms with Crippen molar-refractivity contribution in [2.75, 3.05) is 0 Å². The fraction of sp³-hybridized carbons (Fsp3) is 0.846. The molecular weight excluding hydrogens is 216 g/mol. The van der Waals surface area contributed by atoms with E-state index in [1.807, 2.05) is 20.8 Å². The van der Waals surface area contributed by atoms with Crippen LogP contribution in [0.2, 0.25) is 0 Å². The average molecular weight is 236 g/mol. The summed E-state index contributed by atoms with van der Waals surface area (Å²) in [6.45, 7) is 10.1. The van der Waals surface area contributed by atoms with Crippen LogP contribution in [0.1, 0.15) is 47.5 Å². The van der Waals surface area contributed by atoms with Crippen molar-refractivity contribution in [1.82, 2.24) is 0 Å². The number of nitrogens with zero attached hydrogens (tertiary/aromatic N) is 2. The number of hydrogen-bond donors (Lipinski definition) is 0. The Morgan fingerprint density at radius 3 is 1.59 bits per heavy atom. The zero-order valence-corrected chi connectivity index (χ0v) is 11.2. The maximum absolute atomic E-state index is 10.6. The molecule has 0 radical (unpaired) electrons.